The highest BCUT2D eigenvalue weighted by molar-refractivity contribution is 5.62. The fraction of sp³-hybridized carbons (Fsp3) is 0. The predicted octanol–water partition coefficient (Wildman–Crippen LogP) is 1.94. The van der Waals surface area contributed by atoms with Gasteiger partial charge < -0.3 is 5.73 Å². The van der Waals surface area contributed by atoms with E-state index in [1.54, 1.807) is 0 Å². The largest absolute Gasteiger partial charge is 0.382 e. The van der Waals surface area contributed by atoms with Crippen LogP contribution in [0.3, 0.4) is 0 Å². The minimum Gasteiger partial charge on any atom is -0.382 e. The van der Waals surface area contributed by atoms with Gasteiger partial charge in [-0.2, -0.15) is 5.10 Å². The van der Waals surface area contributed by atoms with E-state index in [9.17, 15) is 8.78 Å². The Kier molecular flexibility index (Phi) is 1.92. The average molecular weight is 195 g/mol. The van der Waals surface area contributed by atoms with Crippen LogP contribution in [-0.2, 0) is 0 Å². The lowest BCUT2D eigenvalue weighted by molar-refractivity contribution is 0.585. The monoisotopic (exact) mass is 195 g/mol. The van der Waals surface area contributed by atoms with E-state index in [-0.39, 0.29) is 11.4 Å². The van der Waals surface area contributed by atoms with Crippen LogP contribution in [0, 0.1) is 11.6 Å². The SMILES string of the molecule is Nc1cc(-c2ccc(F)cc2F)[nH]n1. The standard InChI is InChI=1S/C9H7F2N3/c10-5-1-2-6(7(11)3-5)8-4-9(12)14-13-8/h1-4H,(H3,12,13,14). The summed E-state index contributed by atoms with van der Waals surface area (Å²) in [6, 6.07) is 4.80. The summed E-state index contributed by atoms with van der Waals surface area (Å²) in [5, 5.41) is 6.19. The van der Waals surface area contributed by atoms with Gasteiger partial charge in [0.2, 0.25) is 0 Å². The Labute approximate surface area is 78.6 Å². The maximum absolute atomic E-state index is 13.2. The molecule has 0 saturated carbocycles. The second kappa shape index (κ2) is 3.10. The summed E-state index contributed by atoms with van der Waals surface area (Å²) in [6.45, 7) is 0. The Balaban J connectivity index is 2.52. The van der Waals surface area contributed by atoms with Gasteiger partial charge in [0.05, 0.1) is 5.69 Å². The number of aromatic amines is 1. The molecule has 1 heterocycles. The Morgan fingerprint density at radius 1 is 1.21 bits per heavy atom. The Morgan fingerprint density at radius 2 is 2.00 bits per heavy atom. The van der Waals surface area contributed by atoms with Gasteiger partial charge in [-0.3, -0.25) is 5.10 Å². The second-order valence-electron chi connectivity index (χ2n) is 2.83. The van der Waals surface area contributed by atoms with E-state index in [0.29, 0.717) is 5.69 Å². The van der Waals surface area contributed by atoms with Crippen molar-refractivity contribution in [1.29, 1.82) is 0 Å². The number of aromatic nitrogens is 2. The number of hydrogen-bond acceptors (Lipinski definition) is 2. The molecule has 3 N–H and O–H groups in total. The van der Waals surface area contributed by atoms with Crippen molar-refractivity contribution < 1.29 is 8.78 Å². The van der Waals surface area contributed by atoms with E-state index in [1.165, 1.54) is 18.2 Å². The van der Waals surface area contributed by atoms with Gasteiger partial charge >= 0.3 is 0 Å². The van der Waals surface area contributed by atoms with Crippen LogP contribution >= 0.6 is 0 Å². The summed E-state index contributed by atoms with van der Waals surface area (Å²) >= 11 is 0. The molecule has 1 aromatic heterocycles. The molecule has 5 heteroatoms. The molecule has 2 rings (SSSR count). The minimum atomic E-state index is -0.645. The third-order valence-electron chi connectivity index (χ3n) is 1.82. The maximum atomic E-state index is 13.2. The molecule has 0 spiro atoms. The number of nitrogens with two attached hydrogens (primary N) is 1. The van der Waals surface area contributed by atoms with E-state index < -0.39 is 11.6 Å². The summed E-state index contributed by atoms with van der Waals surface area (Å²) in [7, 11) is 0. The Bertz CT molecular complexity index is 465. The lowest BCUT2D eigenvalue weighted by atomic mass is 10.1. The summed E-state index contributed by atoms with van der Waals surface area (Å²) in [6.07, 6.45) is 0. The molecule has 1 aromatic carbocycles. The van der Waals surface area contributed by atoms with Gasteiger partial charge in [-0.1, -0.05) is 0 Å². The van der Waals surface area contributed by atoms with E-state index in [4.69, 9.17) is 5.73 Å². The number of nitrogens with zero attached hydrogens (tertiary/aromatic N) is 1. The van der Waals surface area contributed by atoms with Crippen LogP contribution in [0.5, 0.6) is 0 Å². The fourth-order valence-electron chi connectivity index (χ4n) is 1.18. The molecular formula is C9H7F2N3. The second-order valence-corrected chi connectivity index (χ2v) is 2.83. The Morgan fingerprint density at radius 3 is 2.57 bits per heavy atom. The molecule has 0 bridgehead atoms. The molecule has 0 saturated heterocycles. The predicted molar refractivity (Wildman–Crippen MR) is 48.4 cm³/mol. The summed E-state index contributed by atoms with van der Waals surface area (Å²) in [4.78, 5) is 0. The summed E-state index contributed by atoms with van der Waals surface area (Å²) in [5.41, 5.74) is 6.03. The van der Waals surface area contributed by atoms with E-state index in [0.717, 1.165) is 6.07 Å². The summed E-state index contributed by atoms with van der Waals surface area (Å²) < 4.78 is 25.8. The van der Waals surface area contributed by atoms with Gasteiger partial charge in [0.1, 0.15) is 17.5 Å². The van der Waals surface area contributed by atoms with Crippen LogP contribution in [0.4, 0.5) is 14.6 Å². The molecule has 0 amide bonds. The zero-order valence-corrected chi connectivity index (χ0v) is 7.09. The Hall–Kier alpha value is -1.91. The first-order valence-corrected chi connectivity index (χ1v) is 3.93. The first-order valence-electron chi connectivity index (χ1n) is 3.93. The van der Waals surface area contributed by atoms with Crippen LogP contribution in [0.15, 0.2) is 24.3 Å². The zero-order valence-electron chi connectivity index (χ0n) is 7.09. The molecule has 0 aliphatic rings. The molecule has 3 nitrogen and oxygen atoms in total. The lowest BCUT2D eigenvalue weighted by Gasteiger charge is -1.98. The number of nitrogen functional groups attached to an aromatic ring is 1. The molecule has 0 aliphatic carbocycles. The average Bonchev–Trinajstić information content (AvgIpc) is 2.51. The summed E-state index contributed by atoms with van der Waals surface area (Å²) in [5.74, 6) is -0.990. The molecule has 14 heavy (non-hydrogen) atoms. The molecular weight excluding hydrogens is 188 g/mol. The quantitative estimate of drug-likeness (QED) is 0.730. The van der Waals surface area contributed by atoms with Crippen LogP contribution < -0.4 is 5.73 Å². The fourth-order valence-corrected chi connectivity index (χ4v) is 1.18. The van der Waals surface area contributed by atoms with Crippen LogP contribution in [-0.4, -0.2) is 10.2 Å². The number of nitrogens with one attached hydrogen (secondary N) is 1. The first kappa shape index (κ1) is 8.68. The van der Waals surface area contributed by atoms with Gasteiger partial charge in [-0.05, 0) is 12.1 Å². The van der Waals surface area contributed by atoms with Crippen molar-refractivity contribution in [3.63, 3.8) is 0 Å². The van der Waals surface area contributed by atoms with Crippen LogP contribution in [0.2, 0.25) is 0 Å². The molecule has 0 aliphatic heterocycles. The minimum absolute atomic E-state index is 0.246. The highest BCUT2D eigenvalue weighted by Crippen LogP contribution is 2.22. The lowest BCUT2D eigenvalue weighted by Crippen LogP contribution is -1.86. The van der Waals surface area contributed by atoms with Crippen molar-refractivity contribution in [3.8, 4) is 11.3 Å². The number of anilines is 1. The van der Waals surface area contributed by atoms with Crippen molar-refractivity contribution in [3.05, 3.63) is 35.9 Å². The van der Waals surface area contributed by atoms with Gasteiger partial charge in [-0.25, -0.2) is 8.78 Å². The number of rotatable bonds is 1. The normalized spacial score (nSPS) is 10.4. The van der Waals surface area contributed by atoms with E-state index in [1.807, 2.05) is 0 Å². The van der Waals surface area contributed by atoms with Crippen LogP contribution in [0.25, 0.3) is 11.3 Å². The van der Waals surface area contributed by atoms with Crippen molar-refractivity contribution in [2.24, 2.45) is 0 Å². The van der Waals surface area contributed by atoms with Crippen LogP contribution in [0.1, 0.15) is 0 Å². The molecule has 0 atom stereocenters. The topological polar surface area (TPSA) is 54.7 Å². The van der Waals surface area contributed by atoms with Crippen molar-refractivity contribution in [2.45, 2.75) is 0 Å². The number of halogens is 2. The van der Waals surface area contributed by atoms with Crippen molar-refractivity contribution >= 4 is 5.82 Å². The zero-order chi connectivity index (χ0) is 10.1. The molecule has 0 radical (unpaired) electrons. The van der Waals surface area contributed by atoms with Crippen molar-refractivity contribution in [2.75, 3.05) is 5.73 Å². The van der Waals surface area contributed by atoms with Crippen molar-refractivity contribution in [1.82, 2.24) is 10.2 Å². The van der Waals surface area contributed by atoms with E-state index >= 15 is 0 Å². The number of hydrogen-bond donors (Lipinski definition) is 2. The van der Waals surface area contributed by atoms with Gasteiger partial charge in [0.15, 0.2) is 0 Å². The number of H-pyrrole nitrogens is 1. The smallest absolute Gasteiger partial charge is 0.145 e. The van der Waals surface area contributed by atoms with Gasteiger partial charge in [0.25, 0.3) is 0 Å². The molecule has 0 fully saturated rings. The maximum Gasteiger partial charge on any atom is 0.145 e. The van der Waals surface area contributed by atoms with E-state index in [2.05, 4.69) is 10.2 Å². The third-order valence-corrected chi connectivity index (χ3v) is 1.82. The first-order chi connectivity index (χ1) is 6.66. The molecule has 2 aromatic rings. The molecule has 72 valence electrons. The van der Waals surface area contributed by atoms with Gasteiger partial charge in [0, 0.05) is 17.7 Å². The number of benzene rings is 1. The van der Waals surface area contributed by atoms with Gasteiger partial charge in [-0.15, -0.1) is 0 Å². The highest BCUT2D eigenvalue weighted by Gasteiger charge is 2.08. The molecule has 0 unspecified atom stereocenters. The highest BCUT2D eigenvalue weighted by atomic mass is 19.1. The third kappa shape index (κ3) is 1.44.